The number of nitrogens with one attached hydrogen (secondary N) is 2. The topological polar surface area (TPSA) is 119 Å². The first kappa shape index (κ1) is 20.2. The Bertz CT molecular complexity index is 1060. The number of benzene rings is 1. The maximum Gasteiger partial charge on any atom is 0.287 e. The molecular weight excluding hydrogens is 408 g/mol. The minimum Gasteiger partial charge on any atom is -0.479 e. The van der Waals surface area contributed by atoms with Gasteiger partial charge in [0.1, 0.15) is 5.75 Å². The van der Waals surface area contributed by atoms with Crippen LogP contribution in [0.1, 0.15) is 36.3 Å². The van der Waals surface area contributed by atoms with Crippen LogP contribution >= 0.6 is 11.6 Å². The smallest absolute Gasteiger partial charge is 0.287 e. The highest BCUT2D eigenvalue weighted by Gasteiger charge is 2.29. The molecule has 2 heterocycles. The van der Waals surface area contributed by atoms with Crippen LogP contribution in [0.4, 0.5) is 5.69 Å². The molecule has 0 spiro atoms. The van der Waals surface area contributed by atoms with E-state index < -0.39 is 22.0 Å². The number of nitrogens with zero attached hydrogens (tertiary/aromatic N) is 2. The standard InChI is InChI=1S/C17H19ClN4O5S/c1-4-5-22-8-11(18)15(20-22)17(24)21-28(25,26)14-7-13-12(6-9(14)2)19-16(23)10(3)27-13/h6-8,10H,4-5H2,1-3H3,(H,19,23)(H,21,24)/t10-/m1/s1. The summed E-state index contributed by atoms with van der Waals surface area (Å²) >= 11 is 6.01. The van der Waals surface area contributed by atoms with Gasteiger partial charge in [0, 0.05) is 18.8 Å². The summed E-state index contributed by atoms with van der Waals surface area (Å²) in [5, 5.41) is 6.72. The molecule has 9 nitrogen and oxygen atoms in total. The van der Waals surface area contributed by atoms with Crippen LogP contribution in [0.3, 0.4) is 0 Å². The highest BCUT2D eigenvalue weighted by atomic mass is 35.5. The lowest BCUT2D eigenvalue weighted by Gasteiger charge is -2.24. The average molecular weight is 427 g/mol. The Morgan fingerprint density at radius 1 is 1.43 bits per heavy atom. The highest BCUT2D eigenvalue weighted by Crippen LogP contribution is 2.34. The van der Waals surface area contributed by atoms with Gasteiger partial charge in [0.05, 0.1) is 15.6 Å². The van der Waals surface area contributed by atoms with E-state index in [0.29, 0.717) is 17.8 Å². The number of fused-ring (bicyclic) bond motifs is 1. The normalized spacial score (nSPS) is 16.1. The number of carbonyl (C=O) groups is 2. The van der Waals surface area contributed by atoms with Crippen LogP contribution < -0.4 is 14.8 Å². The number of anilines is 1. The number of aryl methyl sites for hydroxylation is 2. The van der Waals surface area contributed by atoms with Crippen molar-refractivity contribution >= 4 is 39.1 Å². The number of rotatable bonds is 5. The molecule has 0 bridgehead atoms. The second-order valence-electron chi connectivity index (χ2n) is 6.39. The predicted octanol–water partition coefficient (Wildman–Crippen LogP) is 2.09. The number of hydrogen-bond acceptors (Lipinski definition) is 6. The van der Waals surface area contributed by atoms with Gasteiger partial charge < -0.3 is 10.1 Å². The first-order valence-corrected chi connectivity index (χ1v) is 10.4. The summed E-state index contributed by atoms with van der Waals surface area (Å²) in [6, 6.07) is 2.74. The molecule has 1 aromatic carbocycles. The van der Waals surface area contributed by atoms with Crippen LogP contribution in [0.25, 0.3) is 0 Å². The van der Waals surface area contributed by atoms with E-state index in [1.54, 1.807) is 13.8 Å². The number of sulfonamides is 1. The molecule has 0 saturated carbocycles. The largest absolute Gasteiger partial charge is 0.479 e. The van der Waals surface area contributed by atoms with Crippen LogP contribution in [-0.2, 0) is 21.4 Å². The Hall–Kier alpha value is -2.59. The third-order valence-electron chi connectivity index (χ3n) is 4.11. The van der Waals surface area contributed by atoms with Crippen molar-refractivity contribution in [2.45, 2.75) is 44.7 Å². The van der Waals surface area contributed by atoms with Crippen LogP contribution in [0.5, 0.6) is 5.75 Å². The van der Waals surface area contributed by atoms with E-state index in [9.17, 15) is 18.0 Å². The van der Waals surface area contributed by atoms with E-state index in [0.717, 1.165) is 6.42 Å². The van der Waals surface area contributed by atoms with E-state index in [4.69, 9.17) is 16.3 Å². The predicted molar refractivity (Wildman–Crippen MR) is 102 cm³/mol. The molecule has 2 N–H and O–H groups in total. The maximum absolute atomic E-state index is 12.8. The van der Waals surface area contributed by atoms with Crippen molar-refractivity contribution < 1.29 is 22.7 Å². The summed E-state index contributed by atoms with van der Waals surface area (Å²) in [7, 11) is -4.22. The summed E-state index contributed by atoms with van der Waals surface area (Å²) in [5.41, 5.74) is 0.527. The van der Waals surface area contributed by atoms with Crippen molar-refractivity contribution in [2.75, 3.05) is 5.32 Å². The fraction of sp³-hybridized carbons (Fsp3) is 0.353. The molecule has 1 atom stereocenters. The van der Waals surface area contributed by atoms with E-state index in [2.05, 4.69) is 10.4 Å². The second-order valence-corrected chi connectivity index (χ2v) is 8.44. The van der Waals surface area contributed by atoms with E-state index in [1.807, 2.05) is 11.6 Å². The molecule has 2 aromatic rings. The zero-order chi connectivity index (χ0) is 20.6. The van der Waals surface area contributed by atoms with Gasteiger partial charge in [-0.2, -0.15) is 5.10 Å². The number of amides is 2. The lowest BCUT2D eigenvalue weighted by Crippen LogP contribution is -2.35. The van der Waals surface area contributed by atoms with Gasteiger partial charge in [-0.25, -0.2) is 13.1 Å². The Labute approximate surface area is 167 Å². The fourth-order valence-electron chi connectivity index (χ4n) is 2.75. The Morgan fingerprint density at radius 3 is 2.82 bits per heavy atom. The van der Waals surface area contributed by atoms with Crippen LogP contribution in [0.15, 0.2) is 23.2 Å². The summed E-state index contributed by atoms with van der Waals surface area (Å²) in [4.78, 5) is 24.0. The maximum atomic E-state index is 12.8. The monoisotopic (exact) mass is 426 g/mol. The van der Waals surface area contributed by atoms with Crippen molar-refractivity contribution in [3.8, 4) is 5.75 Å². The molecule has 0 saturated heterocycles. The molecule has 3 rings (SSSR count). The SMILES string of the molecule is CCCn1cc(Cl)c(C(=O)NS(=O)(=O)c2cc3c(cc2C)NC(=O)[C@@H](C)O3)n1. The number of carbonyl (C=O) groups excluding carboxylic acids is 2. The van der Waals surface area contributed by atoms with Crippen molar-refractivity contribution in [1.29, 1.82) is 0 Å². The molecule has 11 heteroatoms. The molecule has 1 aliphatic rings. The van der Waals surface area contributed by atoms with Crippen LogP contribution in [-0.4, -0.2) is 36.1 Å². The van der Waals surface area contributed by atoms with Gasteiger partial charge in [0.2, 0.25) is 0 Å². The lowest BCUT2D eigenvalue weighted by molar-refractivity contribution is -0.122. The van der Waals surface area contributed by atoms with Gasteiger partial charge in [-0.15, -0.1) is 0 Å². The number of hydrogen-bond donors (Lipinski definition) is 2. The third-order valence-corrected chi connectivity index (χ3v) is 5.86. The Balaban J connectivity index is 1.90. The zero-order valence-corrected chi connectivity index (χ0v) is 17.0. The fourth-order valence-corrected chi connectivity index (χ4v) is 4.18. The first-order chi connectivity index (χ1) is 13.1. The summed E-state index contributed by atoms with van der Waals surface area (Å²) in [6.07, 6.45) is 1.48. The van der Waals surface area contributed by atoms with Crippen molar-refractivity contribution in [3.05, 3.63) is 34.6 Å². The minimum atomic E-state index is -4.22. The first-order valence-electron chi connectivity index (χ1n) is 8.54. The molecule has 1 aromatic heterocycles. The summed E-state index contributed by atoms with van der Waals surface area (Å²) in [6.45, 7) is 5.57. The molecular formula is C17H19ClN4O5S. The number of aromatic nitrogens is 2. The zero-order valence-electron chi connectivity index (χ0n) is 15.4. The van der Waals surface area contributed by atoms with Crippen molar-refractivity contribution in [3.63, 3.8) is 0 Å². The molecule has 28 heavy (non-hydrogen) atoms. The van der Waals surface area contributed by atoms with Crippen LogP contribution in [0, 0.1) is 6.92 Å². The van der Waals surface area contributed by atoms with Crippen LogP contribution in [0.2, 0.25) is 5.02 Å². The Morgan fingerprint density at radius 2 is 2.14 bits per heavy atom. The summed E-state index contributed by atoms with van der Waals surface area (Å²) < 4.78 is 34.4. The van der Waals surface area contributed by atoms with Gasteiger partial charge in [-0.05, 0) is 31.9 Å². The van der Waals surface area contributed by atoms with Crippen molar-refractivity contribution in [2.24, 2.45) is 0 Å². The molecule has 0 aliphatic carbocycles. The minimum absolute atomic E-state index is 0.0585. The molecule has 0 radical (unpaired) electrons. The van der Waals surface area contributed by atoms with Gasteiger partial charge in [-0.1, -0.05) is 18.5 Å². The summed E-state index contributed by atoms with van der Waals surface area (Å²) in [5.74, 6) is -1.05. The van der Waals surface area contributed by atoms with Gasteiger partial charge in [-0.3, -0.25) is 14.3 Å². The van der Waals surface area contributed by atoms with E-state index >= 15 is 0 Å². The quantitative estimate of drug-likeness (QED) is 0.755. The van der Waals surface area contributed by atoms with Gasteiger partial charge in [0.25, 0.3) is 21.8 Å². The van der Waals surface area contributed by atoms with E-state index in [-0.39, 0.29) is 27.3 Å². The van der Waals surface area contributed by atoms with Gasteiger partial charge >= 0.3 is 0 Å². The number of halogens is 1. The second kappa shape index (κ2) is 7.44. The average Bonchev–Trinajstić information content (AvgIpc) is 2.96. The third kappa shape index (κ3) is 3.83. The van der Waals surface area contributed by atoms with Gasteiger partial charge in [0.15, 0.2) is 11.8 Å². The highest BCUT2D eigenvalue weighted by molar-refractivity contribution is 7.90. The molecule has 0 unspecified atom stereocenters. The number of ether oxygens (including phenoxy) is 1. The lowest BCUT2D eigenvalue weighted by atomic mass is 10.1. The molecule has 150 valence electrons. The molecule has 2 amide bonds. The molecule has 0 fully saturated rings. The van der Waals surface area contributed by atoms with E-state index in [1.165, 1.54) is 23.0 Å². The Kier molecular flexibility index (Phi) is 5.35. The molecule has 1 aliphatic heterocycles. The van der Waals surface area contributed by atoms with Crippen molar-refractivity contribution in [1.82, 2.24) is 14.5 Å².